The minimum atomic E-state index is -1.00. The Morgan fingerprint density at radius 2 is 2.16 bits per heavy atom. The molecule has 0 aromatic heterocycles. The molecule has 1 saturated heterocycles. The number of aliphatic carboxylic acids is 1. The van der Waals surface area contributed by atoms with Crippen molar-refractivity contribution in [2.24, 2.45) is 0 Å². The van der Waals surface area contributed by atoms with Gasteiger partial charge in [-0.15, -0.1) is 11.8 Å². The van der Waals surface area contributed by atoms with E-state index in [4.69, 9.17) is 9.84 Å². The highest BCUT2D eigenvalue weighted by Crippen LogP contribution is 2.19. The number of carboxylic acid groups (broad SMARTS) is 1. The zero-order valence-electron chi connectivity index (χ0n) is 11.8. The van der Waals surface area contributed by atoms with E-state index in [9.17, 15) is 9.59 Å². The lowest BCUT2D eigenvalue weighted by atomic mass is 10.2. The van der Waals surface area contributed by atoms with Crippen molar-refractivity contribution in [1.82, 2.24) is 4.90 Å². The van der Waals surface area contributed by atoms with Crippen LogP contribution in [-0.2, 0) is 14.3 Å². The third-order valence-corrected chi connectivity index (χ3v) is 4.29. The highest BCUT2D eigenvalue weighted by Gasteiger charge is 2.34. The number of morpholine rings is 1. The maximum atomic E-state index is 12.3. The second-order valence-electron chi connectivity index (χ2n) is 4.88. The highest BCUT2D eigenvalue weighted by atomic mass is 32.2. The Morgan fingerprint density at radius 1 is 1.47 bits per heavy atom. The van der Waals surface area contributed by atoms with Crippen molar-refractivity contribution in [3.05, 3.63) is 0 Å². The smallest absolute Gasteiger partial charge is 0.334 e. The summed E-state index contributed by atoms with van der Waals surface area (Å²) in [4.78, 5) is 24.9. The van der Waals surface area contributed by atoms with Gasteiger partial charge in [0.05, 0.1) is 17.9 Å². The monoisotopic (exact) mass is 289 g/mol. The van der Waals surface area contributed by atoms with Gasteiger partial charge >= 0.3 is 5.97 Å². The number of carbonyl (C=O) groups excluding carboxylic acids is 1. The van der Waals surface area contributed by atoms with Crippen LogP contribution in [0.5, 0.6) is 0 Å². The SMILES string of the molecule is CCCCSC(C)C(=O)N1CC(C(=O)O)O[C@H](C)C1. The van der Waals surface area contributed by atoms with Gasteiger partial charge in [0.25, 0.3) is 0 Å². The van der Waals surface area contributed by atoms with Crippen molar-refractivity contribution in [2.75, 3.05) is 18.8 Å². The molecule has 0 bridgehead atoms. The first-order valence-electron chi connectivity index (χ1n) is 6.74. The van der Waals surface area contributed by atoms with Crippen LogP contribution in [0.1, 0.15) is 33.6 Å². The van der Waals surface area contributed by atoms with Crippen molar-refractivity contribution in [2.45, 2.75) is 51.1 Å². The van der Waals surface area contributed by atoms with Crippen LogP contribution in [0.4, 0.5) is 0 Å². The predicted molar refractivity (Wildman–Crippen MR) is 75.4 cm³/mol. The molecule has 1 heterocycles. The summed E-state index contributed by atoms with van der Waals surface area (Å²) in [7, 11) is 0. The number of rotatable bonds is 6. The first-order valence-corrected chi connectivity index (χ1v) is 7.79. The second kappa shape index (κ2) is 7.75. The molecule has 5 nitrogen and oxygen atoms in total. The van der Waals surface area contributed by atoms with E-state index < -0.39 is 12.1 Å². The van der Waals surface area contributed by atoms with Gasteiger partial charge in [0, 0.05) is 6.54 Å². The highest BCUT2D eigenvalue weighted by molar-refractivity contribution is 8.00. The topological polar surface area (TPSA) is 66.8 Å². The zero-order chi connectivity index (χ0) is 14.4. The Balaban J connectivity index is 2.52. The van der Waals surface area contributed by atoms with Crippen LogP contribution in [0, 0.1) is 0 Å². The fraction of sp³-hybridized carbons (Fsp3) is 0.846. The Hall–Kier alpha value is -0.750. The molecule has 3 atom stereocenters. The van der Waals surface area contributed by atoms with Crippen LogP contribution >= 0.6 is 11.8 Å². The summed E-state index contributed by atoms with van der Waals surface area (Å²) in [6, 6.07) is 0. The van der Waals surface area contributed by atoms with Crippen molar-refractivity contribution in [3.8, 4) is 0 Å². The average Bonchev–Trinajstić information content (AvgIpc) is 2.37. The van der Waals surface area contributed by atoms with Crippen molar-refractivity contribution >= 4 is 23.6 Å². The summed E-state index contributed by atoms with van der Waals surface area (Å²) in [5.41, 5.74) is 0. The lowest BCUT2D eigenvalue weighted by Gasteiger charge is -2.36. The van der Waals surface area contributed by atoms with E-state index in [0.29, 0.717) is 6.54 Å². The van der Waals surface area contributed by atoms with Crippen LogP contribution in [0.2, 0.25) is 0 Å². The first-order chi connectivity index (χ1) is 8.95. The molecule has 1 amide bonds. The molecule has 0 aromatic carbocycles. The normalized spacial score (nSPS) is 25.1. The number of hydrogen-bond acceptors (Lipinski definition) is 4. The third kappa shape index (κ3) is 5.03. The Labute approximate surface area is 118 Å². The standard InChI is InChI=1S/C13H23NO4S/c1-4-5-6-19-10(3)12(15)14-7-9(2)18-11(8-14)13(16)17/h9-11H,4-8H2,1-3H3,(H,16,17)/t9-,10?,11?/m1/s1. The molecule has 0 spiro atoms. The van der Waals surface area contributed by atoms with Crippen LogP contribution in [0.25, 0.3) is 0 Å². The molecule has 6 heteroatoms. The van der Waals surface area contributed by atoms with Gasteiger partial charge in [-0.25, -0.2) is 4.79 Å². The Morgan fingerprint density at radius 3 is 2.74 bits per heavy atom. The largest absolute Gasteiger partial charge is 0.479 e. The van der Waals surface area contributed by atoms with Gasteiger partial charge < -0.3 is 14.7 Å². The molecule has 1 fully saturated rings. The molecule has 1 rings (SSSR count). The summed E-state index contributed by atoms with van der Waals surface area (Å²) < 4.78 is 5.31. The zero-order valence-corrected chi connectivity index (χ0v) is 12.6. The van der Waals surface area contributed by atoms with E-state index in [0.717, 1.165) is 18.6 Å². The van der Waals surface area contributed by atoms with E-state index in [2.05, 4.69) is 6.92 Å². The number of unbranched alkanes of at least 4 members (excludes halogenated alkanes) is 1. The lowest BCUT2D eigenvalue weighted by molar-refractivity contribution is -0.166. The third-order valence-electron chi connectivity index (χ3n) is 3.06. The maximum Gasteiger partial charge on any atom is 0.334 e. The van der Waals surface area contributed by atoms with E-state index in [1.165, 1.54) is 0 Å². The van der Waals surface area contributed by atoms with E-state index in [1.54, 1.807) is 23.6 Å². The molecule has 1 N–H and O–H groups in total. The summed E-state index contributed by atoms with van der Waals surface area (Å²) >= 11 is 1.63. The number of nitrogens with zero attached hydrogens (tertiary/aromatic N) is 1. The summed E-state index contributed by atoms with van der Waals surface area (Å²) in [5.74, 6) is -0.0239. The molecule has 1 aliphatic heterocycles. The number of amides is 1. The number of carboxylic acids is 1. The van der Waals surface area contributed by atoms with Gasteiger partial charge in [0.15, 0.2) is 6.10 Å². The first kappa shape index (κ1) is 16.3. The van der Waals surface area contributed by atoms with Gasteiger partial charge in [0.1, 0.15) is 0 Å². The minimum absolute atomic E-state index is 0.0162. The van der Waals surface area contributed by atoms with Gasteiger partial charge in [-0.2, -0.15) is 0 Å². The van der Waals surface area contributed by atoms with Crippen LogP contribution < -0.4 is 0 Å². The molecular weight excluding hydrogens is 266 g/mol. The van der Waals surface area contributed by atoms with Gasteiger partial charge in [-0.3, -0.25) is 4.79 Å². The minimum Gasteiger partial charge on any atom is -0.479 e. The number of carbonyl (C=O) groups is 2. The second-order valence-corrected chi connectivity index (χ2v) is 6.33. The van der Waals surface area contributed by atoms with Gasteiger partial charge in [-0.1, -0.05) is 13.3 Å². The van der Waals surface area contributed by atoms with Crippen molar-refractivity contribution in [3.63, 3.8) is 0 Å². The molecule has 0 aromatic rings. The van der Waals surface area contributed by atoms with Crippen molar-refractivity contribution < 1.29 is 19.4 Å². The van der Waals surface area contributed by atoms with Gasteiger partial charge in [-0.05, 0) is 26.0 Å². The average molecular weight is 289 g/mol. The fourth-order valence-electron chi connectivity index (χ4n) is 2.00. The predicted octanol–water partition coefficient (Wildman–Crippen LogP) is 1.61. The van der Waals surface area contributed by atoms with Crippen LogP contribution in [0.3, 0.4) is 0 Å². The van der Waals surface area contributed by atoms with Crippen molar-refractivity contribution in [1.29, 1.82) is 0 Å². The summed E-state index contributed by atoms with van der Waals surface area (Å²) in [5, 5.41) is 8.88. The van der Waals surface area contributed by atoms with E-state index in [1.807, 2.05) is 6.92 Å². The Kier molecular flexibility index (Phi) is 6.65. The number of thioether (sulfide) groups is 1. The Bertz CT molecular complexity index is 324. The van der Waals surface area contributed by atoms with Gasteiger partial charge in [0.2, 0.25) is 5.91 Å². The molecule has 1 aliphatic rings. The van der Waals surface area contributed by atoms with Crippen LogP contribution in [0.15, 0.2) is 0 Å². The summed E-state index contributed by atoms with van der Waals surface area (Å²) in [6.45, 7) is 6.43. The summed E-state index contributed by atoms with van der Waals surface area (Å²) in [6.07, 6.45) is 1.08. The lowest BCUT2D eigenvalue weighted by Crippen LogP contribution is -2.53. The molecule has 0 aliphatic carbocycles. The maximum absolute atomic E-state index is 12.3. The molecule has 110 valence electrons. The molecule has 0 radical (unpaired) electrons. The van der Waals surface area contributed by atoms with E-state index in [-0.39, 0.29) is 23.8 Å². The molecular formula is C13H23NO4S. The quantitative estimate of drug-likeness (QED) is 0.752. The molecule has 2 unspecified atom stereocenters. The fourth-order valence-corrected chi connectivity index (χ4v) is 3.10. The molecule has 19 heavy (non-hydrogen) atoms. The van der Waals surface area contributed by atoms with Crippen LogP contribution in [-0.4, -0.2) is 58.2 Å². The van der Waals surface area contributed by atoms with E-state index >= 15 is 0 Å². The molecule has 0 saturated carbocycles. The number of hydrogen-bond donors (Lipinski definition) is 1. The number of ether oxygens (including phenoxy) is 1.